The molecular weight excluding hydrogens is 214 g/mol. The monoisotopic (exact) mass is 229 g/mol. The van der Waals surface area contributed by atoms with Crippen molar-refractivity contribution in [3.63, 3.8) is 0 Å². The zero-order chi connectivity index (χ0) is 12.1. The summed E-state index contributed by atoms with van der Waals surface area (Å²) in [5.41, 5.74) is 4.10. The van der Waals surface area contributed by atoms with Gasteiger partial charge in [0.25, 0.3) is 5.91 Å². The lowest BCUT2D eigenvalue weighted by atomic mass is 10.2. The minimum absolute atomic E-state index is 0.185. The van der Waals surface area contributed by atoms with E-state index in [9.17, 15) is 4.79 Å². The Morgan fingerprint density at radius 3 is 3.12 bits per heavy atom. The topological polar surface area (TPSA) is 57.2 Å². The number of hydrazone groups is 1. The molecule has 0 atom stereocenters. The third-order valence-electron chi connectivity index (χ3n) is 2.51. The second-order valence-electron chi connectivity index (χ2n) is 3.79. The van der Waals surface area contributed by atoms with Gasteiger partial charge in [0, 0.05) is 23.3 Å². The van der Waals surface area contributed by atoms with Crippen LogP contribution in [-0.4, -0.2) is 17.1 Å². The van der Waals surface area contributed by atoms with E-state index in [1.54, 1.807) is 12.4 Å². The maximum absolute atomic E-state index is 11.8. The van der Waals surface area contributed by atoms with Crippen molar-refractivity contribution in [3.8, 4) is 0 Å². The van der Waals surface area contributed by atoms with E-state index in [0.717, 1.165) is 23.7 Å². The molecule has 2 aromatic rings. The van der Waals surface area contributed by atoms with Gasteiger partial charge in [0.1, 0.15) is 0 Å². The number of nitrogens with zero attached hydrogens (tertiary/aromatic N) is 1. The summed E-state index contributed by atoms with van der Waals surface area (Å²) in [6.45, 7) is 2.06. The number of unbranched alkanes of at least 4 members (excludes halogenated alkanes) is 1. The van der Waals surface area contributed by atoms with Gasteiger partial charge in [-0.2, -0.15) is 5.10 Å². The Hall–Kier alpha value is -2.10. The van der Waals surface area contributed by atoms with Crippen molar-refractivity contribution in [2.75, 3.05) is 0 Å². The number of hydrogen-bond donors (Lipinski definition) is 2. The van der Waals surface area contributed by atoms with Gasteiger partial charge in [-0.15, -0.1) is 0 Å². The normalized spacial score (nSPS) is 11.1. The fraction of sp³-hybridized carbons (Fsp3) is 0.231. The van der Waals surface area contributed by atoms with Gasteiger partial charge in [-0.3, -0.25) is 4.79 Å². The van der Waals surface area contributed by atoms with Crippen LogP contribution in [0.3, 0.4) is 0 Å². The largest absolute Gasteiger partial charge is 0.360 e. The lowest BCUT2D eigenvalue weighted by Crippen LogP contribution is -2.16. The number of nitrogens with one attached hydrogen (secondary N) is 2. The van der Waals surface area contributed by atoms with Crippen molar-refractivity contribution in [2.45, 2.75) is 19.8 Å². The quantitative estimate of drug-likeness (QED) is 0.614. The highest BCUT2D eigenvalue weighted by Crippen LogP contribution is 2.17. The molecule has 4 heteroatoms. The molecule has 2 N–H and O–H groups in total. The van der Waals surface area contributed by atoms with Gasteiger partial charge in [-0.25, -0.2) is 5.43 Å². The molecule has 88 valence electrons. The fourth-order valence-corrected chi connectivity index (χ4v) is 1.62. The molecule has 0 aliphatic carbocycles. The summed E-state index contributed by atoms with van der Waals surface area (Å²) in [4.78, 5) is 14.9. The number of para-hydroxylation sites is 1. The smallest absolute Gasteiger partial charge is 0.273 e. The van der Waals surface area contributed by atoms with Crippen molar-refractivity contribution in [1.29, 1.82) is 0 Å². The summed E-state index contributed by atoms with van der Waals surface area (Å²) >= 11 is 0. The molecule has 0 radical (unpaired) electrons. The van der Waals surface area contributed by atoms with Gasteiger partial charge < -0.3 is 4.98 Å². The lowest BCUT2D eigenvalue weighted by molar-refractivity contribution is 0.0956. The van der Waals surface area contributed by atoms with E-state index in [1.165, 1.54) is 0 Å². The highest BCUT2D eigenvalue weighted by Gasteiger charge is 2.10. The van der Waals surface area contributed by atoms with Gasteiger partial charge in [0.2, 0.25) is 0 Å². The first-order valence-corrected chi connectivity index (χ1v) is 5.71. The van der Waals surface area contributed by atoms with Crippen LogP contribution in [0, 0.1) is 0 Å². The number of carbonyl (C=O) groups excluding carboxylic acids is 1. The van der Waals surface area contributed by atoms with E-state index in [4.69, 9.17) is 0 Å². The van der Waals surface area contributed by atoms with Gasteiger partial charge in [0.05, 0.1) is 5.56 Å². The van der Waals surface area contributed by atoms with Gasteiger partial charge in [-0.05, 0) is 12.5 Å². The Balaban J connectivity index is 2.14. The molecule has 17 heavy (non-hydrogen) atoms. The van der Waals surface area contributed by atoms with E-state index >= 15 is 0 Å². The van der Waals surface area contributed by atoms with E-state index in [0.29, 0.717) is 5.56 Å². The lowest BCUT2D eigenvalue weighted by Gasteiger charge is -1.97. The number of aromatic amines is 1. The molecule has 2 rings (SSSR count). The average Bonchev–Trinajstić information content (AvgIpc) is 2.78. The molecule has 0 aliphatic rings. The highest BCUT2D eigenvalue weighted by molar-refractivity contribution is 6.06. The van der Waals surface area contributed by atoms with Crippen LogP contribution in [0.2, 0.25) is 0 Å². The first-order chi connectivity index (χ1) is 8.33. The summed E-state index contributed by atoms with van der Waals surface area (Å²) in [6.07, 6.45) is 5.31. The molecule has 0 bridgehead atoms. The molecule has 4 nitrogen and oxygen atoms in total. The Bertz CT molecular complexity index is 542. The third-order valence-corrected chi connectivity index (χ3v) is 2.51. The molecule has 0 aliphatic heterocycles. The van der Waals surface area contributed by atoms with Gasteiger partial charge in [0.15, 0.2) is 0 Å². The molecule has 1 amide bonds. The van der Waals surface area contributed by atoms with Crippen LogP contribution >= 0.6 is 0 Å². The Morgan fingerprint density at radius 2 is 2.29 bits per heavy atom. The summed E-state index contributed by atoms with van der Waals surface area (Å²) < 4.78 is 0. The van der Waals surface area contributed by atoms with Gasteiger partial charge >= 0.3 is 0 Å². The first kappa shape index (κ1) is 11.4. The number of carbonyl (C=O) groups is 1. The van der Waals surface area contributed by atoms with Crippen LogP contribution in [0.5, 0.6) is 0 Å². The second-order valence-corrected chi connectivity index (χ2v) is 3.79. The predicted octanol–water partition coefficient (Wildman–Crippen LogP) is 2.68. The van der Waals surface area contributed by atoms with Crippen molar-refractivity contribution < 1.29 is 4.79 Å². The van der Waals surface area contributed by atoms with Crippen LogP contribution in [0.25, 0.3) is 10.9 Å². The summed E-state index contributed by atoms with van der Waals surface area (Å²) in [7, 11) is 0. The Morgan fingerprint density at radius 1 is 1.47 bits per heavy atom. The number of H-pyrrole nitrogens is 1. The maximum atomic E-state index is 11.8. The van der Waals surface area contributed by atoms with Crippen molar-refractivity contribution in [2.24, 2.45) is 5.10 Å². The predicted molar refractivity (Wildman–Crippen MR) is 69.2 cm³/mol. The van der Waals surface area contributed by atoms with E-state index in [1.807, 2.05) is 24.3 Å². The zero-order valence-electron chi connectivity index (χ0n) is 9.73. The minimum Gasteiger partial charge on any atom is -0.360 e. The third kappa shape index (κ3) is 2.53. The van der Waals surface area contributed by atoms with Gasteiger partial charge in [-0.1, -0.05) is 31.5 Å². The molecule has 0 unspecified atom stereocenters. The van der Waals surface area contributed by atoms with Crippen molar-refractivity contribution in [3.05, 3.63) is 36.0 Å². The molecule has 0 spiro atoms. The second kappa shape index (κ2) is 5.30. The van der Waals surface area contributed by atoms with E-state index in [2.05, 4.69) is 22.4 Å². The molecule has 0 fully saturated rings. The number of benzene rings is 1. The molecule has 0 saturated heterocycles. The summed E-state index contributed by atoms with van der Waals surface area (Å²) in [5.74, 6) is -0.185. The number of hydrogen-bond acceptors (Lipinski definition) is 2. The average molecular weight is 229 g/mol. The molecule has 0 saturated carbocycles. The number of amides is 1. The van der Waals surface area contributed by atoms with Crippen molar-refractivity contribution in [1.82, 2.24) is 10.4 Å². The number of fused-ring (bicyclic) bond motifs is 1. The molecular formula is C13H15N3O. The summed E-state index contributed by atoms with van der Waals surface area (Å²) in [6, 6.07) is 7.69. The van der Waals surface area contributed by atoms with Crippen LogP contribution in [0.1, 0.15) is 30.1 Å². The fourth-order valence-electron chi connectivity index (χ4n) is 1.62. The SMILES string of the molecule is CCCC=NNC(=O)c1c[nH]c2ccccc12. The van der Waals surface area contributed by atoms with E-state index < -0.39 is 0 Å². The van der Waals surface area contributed by atoms with Crippen molar-refractivity contribution >= 4 is 23.0 Å². The highest BCUT2D eigenvalue weighted by atomic mass is 16.2. The Labute approximate surface area is 99.7 Å². The Kier molecular flexibility index (Phi) is 3.55. The van der Waals surface area contributed by atoms with Crippen LogP contribution < -0.4 is 5.43 Å². The molecule has 1 aromatic heterocycles. The van der Waals surface area contributed by atoms with Crippen LogP contribution in [-0.2, 0) is 0 Å². The number of aromatic nitrogens is 1. The molecule has 1 aromatic carbocycles. The first-order valence-electron chi connectivity index (χ1n) is 5.71. The summed E-state index contributed by atoms with van der Waals surface area (Å²) in [5, 5.41) is 4.80. The maximum Gasteiger partial charge on any atom is 0.273 e. The van der Waals surface area contributed by atoms with Crippen LogP contribution in [0.15, 0.2) is 35.6 Å². The zero-order valence-corrected chi connectivity index (χ0v) is 9.73. The molecule has 1 heterocycles. The number of rotatable bonds is 4. The minimum atomic E-state index is -0.185. The van der Waals surface area contributed by atoms with Crippen LogP contribution in [0.4, 0.5) is 0 Å². The standard InChI is InChI=1S/C13H15N3O/c1-2-3-8-15-16-13(17)11-9-14-12-7-5-4-6-10(11)12/h4-9,14H,2-3H2,1H3,(H,16,17). The van der Waals surface area contributed by atoms with E-state index in [-0.39, 0.29) is 5.91 Å².